The molecule has 2 aromatic heterocycles. The van der Waals surface area contributed by atoms with Crippen LogP contribution in [-0.4, -0.2) is 25.8 Å². The minimum Gasteiger partial charge on any atom is -0.476 e. The molecule has 2 aromatic rings. The van der Waals surface area contributed by atoms with E-state index in [0.29, 0.717) is 12.1 Å². The fourth-order valence-electron chi connectivity index (χ4n) is 2.75. The quantitative estimate of drug-likeness (QED) is 0.879. The summed E-state index contributed by atoms with van der Waals surface area (Å²) in [7, 11) is 0. The highest BCUT2D eigenvalue weighted by molar-refractivity contribution is 5.87. The van der Waals surface area contributed by atoms with Crippen LogP contribution in [0.5, 0.6) is 0 Å². The van der Waals surface area contributed by atoms with E-state index in [4.69, 9.17) is 5.73 Å². The van der Waals surface area contributed by atoms with E-state index in [9.17, 15) is 9.90 Å². The highest BCUT2D eigenvalue weighted by atomic mass is 16.4. The Morgan fingerprint density at radius 1 is 1.45 bits per heavy atom. The first-order valence-electron chi connectivity index (χ1n) is 6.64. The number of aromatic nitrogens is 3. The highest BCUT2D eigenvalue weighted by Crippen LogP contribution is 2.31. The van der Waals surface area contributed by atoms with Crippen molar-refractivity contribution in [1.29, 1.82) is 0 Å². The Bertz CT molecular complexity index is 636. The SMILES string of the molecule is NC1CCCc2c1c(C(=O)O)nn2Cc1ccncc1. The summed E-state index contributed by atoms with van der Waals surface area (Å²) in [6.45, 7) is 0.546. The zero-order valence-electron chi connectivity index (χ0n) is 11.0. The van der Waals surface area contributed by atoms with E-state index < -0.39 is 5.97 Å². The smallest absolute Gasteiger partial charge is 0.356 e. The Kier molecular flexibility index (Phi) is 3.23. The molecule has 20 heavy (non-hydrogen) atoms. The molecule has 1 aliphatic rings. The molecule has 3 rings (SSSR count). The molecule has 0 fully saturated rings. The number of nitrogens with zero attached hydrogens (tertiary/aromatic N) is 3. The maximum absolute atomic E-state index is 11.3. The average Bonchev–Trinajstić information content (AvgIpc) is 2.81. The molecule has 0 saturated carbocycles. The van der Waals surface area contributed by atoms with Crippen molar-refractivity contribution in [2.45, 2.75) is 31.8 Å². The molecule has 0 aliphatic heterocycles. The molecule has 0 spiro atoms. The summed E-state index contributed by atoms with van der Waals surface area (Å²) >= 11 is 0. The zero-order chi connectivity index (χ0) is 14.1. The van der Waals surface area contributed by atoms with Gasteiger partial charge in [0, 0.05) is 29.7 Å². The van der Waals surface area contributed by atoms with Crippen molar-refractivity contribution in [3.63, 3.8) is 0 Å². The highest BCUT2D eigenvalue weighted by Gasteiger charge is 2.29. The Hall–Kier alpha value is -2.21. The topological polar surface area (TPSA) is 94.0 Å². The van der Waals surface area contributed by atoms with Crippen LogP contribution in [0.4, 0.5) is 0 Å². The van der Waals surface area contributed by atoms with Crippen LogP contribution >= 0.6 is 0 Å². The largest absolute Gasteiger partial charge is 0.476 e. The van der Waals surface area contributed by atoms with Gasteiger partial charge in [-0.1, -0.05) is 0 Å². The number of carbonyl (C=O) groups is 1. The number of carboxylic acid groups (broad SMARTS) is 1. The molecule has 0 radical (unpaired) electrons. The number of rotatable bonds is 3. The number of hydrogen-bond acceptors (Lipinski definition) is 4. The molecule has 1 unspecified atom stereocenters. The molecule has 104 valence electrons. The van der Waals surface area contributed by atoms with Crippen LogP contribution < -0.4 is 5.73 Å². The van der Waals surface area contributed by atoms with Gasteiger partial charge >= 0.3 is 5.97 Å². The summed E-state index contributed by atoms with van der Waals surface area (Å²) in [6.07, 6.45) is 6.04. The molecule has 3 N–H and O–H groups in total. The summed E-state index contributed by atoms with van der Waals surface area (Å²) in [5, 5.41) is 13.6. The lowest BCUT2D eigenvalue weighted by Crippen LogP contribution is -2.20. The van der Waals surface area contributed by atoms with Gasteiger partial charge in [0.15, 0.2) is 5.69 Å². The average molecular weight is 272 g/mol. The molecule has 1 aliphatic carbocycles. The van der Waals surface area contributed by atoms with Crippen LogP contribution in [0.2, 0.25) is 0 Å². The van der Waals surface area contributed by atoms with Crippen molar-refractivity contribution in [3.8, 4) is 0 Å². The molecule has 0 aromatic carbocycles. The van der Waals surface area contributed by atoms with Crippen molar-refractivity contribution >= 4 is 5.97 Å². The lowest BCUT2D eigenvalue weighted by Gasteiger charge is -2.20. The van der Waals surface area contributed by atoms with E-state index in [1.807, 2.05) is 12.1 Å². The lowest BCUT2D eigenvalue weighted by molar-refractivity contribution is 0.0687. The van der Waals surface area contributed by atoms with Crippen molar-refractivity contribution in [1.82, 2.24) is 14.8 Å². The van der Waals surface area contributed by atoms with Gasteiger partial charge in [0.1, 0.15) is 0 Å². The molecule has 0 bridgehead atoms. The van der Waals surface area contributed by atoms with Crippen molar-refractivity contribution in [2.75, 3.05) is 0 Å². The predicted molar refractivity (Wildman–Crippen MR) is 72.4 cm³/mol. The van der Waals surface area contributed by atoms with Crippen LogP contribution in [0, 0.1) is 0 Å². The summed E-state index contributed by atoms with van der Waals surface area (Å²) in [5.41, 5.74) is 8.87. The van der Waals surface area contributed by atoms with E-state index in [1.165, 1.54) is 0 Å². The zero-order valence-corrected chi connectivity index (χ0v) is 11.0. The maximum atomic E-state index is 11.3. The molecule has 0 saturated heterocycles. The first kappa shape index (κ1) is 12.8. The molecule has 1 atom stereocenters. The van der Waals surface area contributed by atoms with Crippen LogP contribution in [0.25, 0.3) is 0 Å². The summed E-state index contributed by atoms with van der Waals surface area (Å²) in [6, 6.07) is 3.57. The fraction of sp³-hybridized carbons (Fsp3) is 0.357. The molecular formula is C14H16N4O2. The Labute approximate surface area is 116 Å². The molecule has 6 nitrogen and oxygen atoms in total. The Balaban J connectivity index is 2.03. The van der Waals surface area contributed by atoms with Crippen LogP contribution in [0.3, 0.4) is 0 Å². The number of aromatic carboxylic acids is 1. The van der Waals surface area contributed by atoms with Crippen molar-refractivity contribution < 1.29 is 9.90 Å². The van der Waals surface area contributed by atoms with Gasteiger partial charge in [0.25, 0.3) is 0 Å². The van der Waals surface area contributed by atoms with Gasteiger partial charge < -0.3 is 10.8 Å². The van der Waals surface area contributed by atoms with Crippen molar-refractivity contribution in [3.05, 3.63) is 47.0 Å². The summed E-state index contributed by atoms with van der Waals surface area (Å²) in [5.74, 6) is -1.01. The van der Waals surface area contributed by atoms with Crippen LogP contribution in [0.15, 0.2) is 24.5 Å². The van der Waals surface area contributed by atoms with Gasteiger partial charge in [-0.3, -0.25) is 9.67 Å². The van der Waals surface area contributed by atoms with Gasteiger partial charge in [-0.05, 0) is 37.0 Å². The first-order chi connectivity index (χ1) is 9.66. The third-order valence-corrected chi connectivity index (χ3v) is 3.68. The van der Waals surface area contributed by atoms with E-state index >= 15 is 0 Å². The minimum atomic E-state index is -1.01. The van der Waals surface area contributed by atoms with Gasteiger partial charge in [0.2, 0.25) is 0 Å². The second-order valence-electron chi connectivity index (χ2n) is 5.03. The maximum Gasteiger partial charge on any atom is 0.356 e. The number of nitrogens with two attached hydrogens (primary N) is 1. The van der Waals surface area contributed by atoms with E-state index in [-0.39, 0.29) is 11.7 Å². The van der Waals surface area contributed by atoms with Crippen LogP contribution in [0.1, 0.15) is 46.2 Å². The normalized spacial score (nSPS) is 17.8. The monoisotopic (exact) mass is 272 g/mol. The lowest BCUT2D eigenvalue weighted by atomic mass is 9.91. The summed E-state index contributed by atoms with van der Waals surface area (Å²) < 4.78 is 1.77. The second kappa shape index (κ2) is 5.05. The molecular weight excluding hydrogens is 256 g/mol. The van der Waals surface area contributed by atoms with Gasteiger partial charge in [0.05, 0.1) is 6.54 Å². The summed E-state index contributed by atoms with van der Waals surface area (Å²) in [4.78, 5) is 15.3. The van der Waals surface area contributed by atoms with Gasteiger partial charge in [-0.15, -0.1) is 0 Å². The number of pyridine rings is 1. The third-order valence-electron chi connectivity index (χ3n) is 3.68. The van der Waals surface area contributed by atoms with Crippen LogP contribution in [-0.2, 0) is 13.0 Å². The van der Waals surface area contributed by atoms with E-state index in [2.05, 4.69) is 10.1 Å². The third kappa shape index (κ3) is 2.18. The second-order valence-corrected chi connectivity index (χ2v) is 5.03. The van der Waals surface area contributed by atoms with Crippen molar-refractivity contribution in [2.24, 2.45) is 5.73 Å². The number of hydrogen-bond donors (Lipinski definition) is 2. The Morgan fingerprint density at radius 3 is 2.90 bits per heavy atom. The number of fused-ring (bicyclic) bond motifs is 1. The Morgan fingerprint density at radius 2 is 2.20 bits per heavy atom. The molecule has 2 heterocycles. The first-order valence-corrected chi connectivity index (χ1v) is 6.64. The van der Waals surface area contributed by atoms with Gasteiger partial charge in [-0.2, -0.15) is 5.10 Å². The standard InChI is InChI=1S/C14H16N4O2/c15-10-2-1-3-11-12(10)13(14(19)20)17-18(11)8-9-4-6-16-7-5-9/h4-7,10H,1-3,8,15H2,(H,19,20). The van der Waals surface area contributed by atoms with E-state index in [0.717, 1.165) is 30.5 Å². The number of carboxylic acids is 1. The van der Waals surface area contributed by atoms with E-state index in [1.54, 1.807) is 17.1 Å². The minimum absolute atomic E-state index is 0.0984. The molecule has 0 amide bonds. The fourth-order valence-corrected chi connectivity index (χ4v) is 2.75. The van der Waals surface area contributed by atoms with Gasteiger partial charge in [-0.25, -0.2) is 4.79 Å². The predicted octanol–water partition coefficient (Wildman–Crippen LogP) is 1.36. The molecule has 6 heteroatoms.